The number of aromatic nitrogens is 6. The maximum Gasteiger partial charge on any atom is 0.433 e. The number of pyridine rings is 1. The molecule has 2 N–H and O–H groups in total. The number of benzene rings is 1. The Morgan fingerprint density at radius 3 is 2.61 bits per heavy atom. The van der Waals surface area contributed by atoms with Crippen LogP contribution in [0.2, 0.25) is 0 Å². The fourth-order valence-corrected chi connectivity index (χ4v) is 3.08. The molecule has 4 rings (SSSR count). The van der Waals surface area contributed by atoms with Gasteiger partial charge in [0.05, 0.1) is 11.9 Å². The number of alkyl halides is 3. The smallest absolute Gasteiger partial charge is 0.433 e. The Morgan fingerprint density at radius 2 is 1.91 bits per heavy atom. The molecule has 0 aliphatic heterocycles. The lowest BCUT2D eigenvalue weighted by Gasteiger charge is -2.11. The normalized spacial score (nSPS) is 11.4. The van der Waals surface area contributed by atoms with Gasteiger partial charge in [-0.25, -0.2) is 14.6 Å². The molecule has 0 saturated carbocycles. The molecule has 0 radical (unpaired) electrons. The Morgan fingerprint density at radius 1 is 1.09 bits per heavy atom. The van der Waals surface area contributed by atoms with Gasteiger partial charge in [-0.3, -0.25) is 9.78 Å². The highest BCUT2D eigenvalue weighted by Crippen LogP contribution is 2.29. The number of carboxylic acid groups (broad SMARTS) is 1. The van der Waals surface area contributed by atoms with Crippen LogP contribution in [0, 0.1) is 6.92 Å². The average Bonchev–Trinajstić information content (AvgIpc) is 3.21. The zero-order valence-corrected chi connectivity index (χ0v) is 17.1. The van der Waals surface area contributed by atoms with Gasteiger partial charge in [0, 0.05) is 23.6 Å². The minimum Gasteiger partial charge on any atom is -0.480 e. The molecule has 9 nitrogen and oxygen atoms in total. The molecule has 0 fully saturated rings. The van der Waals surface area contributed by atoms with E-state index in [1.54, 1.807) is 30.5 Å². The van der Waals surface area contributed by atoms with Gasteiger partial charge in [-0.05, 0) is 42.3 Å². The minimum absolute atomic E-state index is 0.167. The van der Waals surface area contributed by atoms with Crippen molar-refractivity contribution in [3.05, 3.63) is 66.2 Å². The molecule has 0 atom stereocenters. The maximum atomic E-state index is 12.9. The molecule has 0 amide bonds. The van der Waals surface area contributed by atoms with Crippen LogP contribution in [0.3, 0.4) is 0 Å². The van der Waals surface area contributed by atoms with Crippen molar-refractivity contribution in [3.63, 3.8) is 0 Å². The van der Waals surface area contributed by atoms with E-state index >= 15 is 0 Å². The number of hydrogen-bond acceptors (Lipinski definition) is 7. The van der Waals surface area contributed by atoms with E-state index in [1.807, 2.05) is 13.0 Å². The molecule has 168 valence electrons. The zero-order chi connectivity index (χ0) is 23.6. The second kappa shape index (κ2) is 8.65. The number of carboxylic acids is 1. The van der Waals surface area contributed by atoms with Crippen molar-refractivity contribution >= 4 is 17.6 Å². The summed E-state index contributed by atoms with van der Waals surface area (Å²) < 4.78 is 39.9. The Bertz CT molecular complexity index is 1300. The standard InChI is InChI=1S/C21H16F3N7O2/c1-12-6-14(8-15(7-12)27-20-25-5-4-18(28-20)21(22,23)24)13-2-3-16(26-9-13)17-10-31(30-29-17)11-19(32)33/h2-10H,11H2,1H3,(H,32,33)(H,25,27,28). The second-order valence-corrected chi connectivity index (χ2v) is 7.10. The molecule has 0 spiro atoms. The zero-order valence-electron chi connectivity index (χ0n) is 17.1. The van der Waals surface area contributed by atoms with Crippen LogP contribution >= 0.6 is 0 Å². The first-order valence-electron chi connectivity index (χ1n) is 9.55. The van der Waals surface area contributed by atoms with E-state index in [0.717, 1.165) is 29.0 Å². The third-order valence-corrected chi connectivity index (χ3v) is 4.47. The molecule has 4 aromatic rings. The fraction of sp³-hybridized carbons (Fsp3) is 0.143. The molecule has 0 saturated heterocycles. The van der Waals surface area contributed by atoms with Crippen molar-refractivity contribution in [3.8, 4) is 22.5 Å². The lowest BCUT2D eigenvalue weighted by molar-refractivity contribution is -0.141. The van der Waals surface area contributed by atoms with Gasteiger partial charge in [0.25, 0.3) is 0 Å². The van der Waals surface area contributed by atoms with Gasteiger partial charge in [0.1, 0.15) is 17.9 Å². The topological polar surface area (TPSA) is 119 Å². The van der Waals surface area contributed by atoms with Crippen molar-refractivity contribution in [2.45, 2.75) is 19.6 Å². The minimum atomic E-state index is -4.57. The number of anilines is 2. The Balaban J connectivity index is 1.56. The van der Waals surface area contributed by atoms with Gasteiger partial charge in [0.2, 0.25) is 5.95 Å². The highest BCUT2D eigenvalue weighted by atomic mass is 19.4. The lowest BCUT2D eigenvalue weighted by atomic mass is 10.0. The molecule has 0 aliphatic rings. The van der Waals surface area contributed by atoms with Gasteiger partial charge in [0.15, 0.2) is 0 Å². The highest BCUT2D eigenvalue weighted by Gasteiger charge is 2.32. The molecule has 0 bridgehead atoms. The van der Waals surface area contributed by atoms with Gasteiger partial charge in [-0.15, -0.1) is 5.10 Å². The van der Waals surface area contributed by atoms with E-state index in [0.29, 0.717) is 17.1 Å². The molecule has 33 heavy (non-hydrogen) atoms. The summed E-state index contributed by atoms with van der Waals surface area (Å²) in [5.41, 5.74) is 2.82. The maximum absolute atomic E-state index is 12.9. The fourth-order valence-electron chi connectivity index (χ4n) is 3.08. The van der Waals surface area contributed by atoms with Gasteiger partial charge in [-0.1, -0.05) is 17.3 Å². The summed E-state index contributed by atoms with van der Waals surface area (Å²) in [6.45, 7) is 1.55. The van der Waals surface area contributed by atoms with Crippen molar-refractivity contribution < 1.29 is 23.1 Å². The second-order valence-electron chi connectivity index (χ2n) is 7.10. The van der Waals surface area contributed by atoms with Crippen LogP contribution < -0.4 is 5.32 Å². The Labute approximate surface area is 185 Å². The number of carbonyl (C=O) groups is 1. The van der Waals surface area contributed by atoms with Crippen molar-refractivity contribution in [1.29, 1.82) is 0 Å². The van der Waals surface area contributed by atoms with Crippen LogP contribution in [0.25, 0.3) is 22.5 Å². The predicted molar refractivity (Wildman–Crippen MR) is 111 cm³/mol. The number of aryl methyl sites for hydroxylation is 1. The van der Waals surface area contributed by atoms with Crippen LogP contribution in [-0.2, 0) is 17.5 Å². The molecule has 0 aliphatic carbocycles. The molecule has 3 heterocycles. The van der Waals surface area contributed by atoms with Crippen molar-refractivity contribution in [2.75, 3.05) is 5.32 Å². The number of halogens is 3. The van der Waals surface area contributed by atoms with E-state index < -0.39 is 17.8 Å². The number of nitrogens with one attached hydrogen (secondary N) is 1. The molecule has 12 heteroatoms. The number of nitrogens with zero attached hydrogens (tertiary/aromatic N) is 6. The summed E-state index contributed by atoms with van der Waals surface area (Å²) in [6, 6.07) is 9.73. The van der Waals surface area contributed by atoms with E-state index in [2.05, 4.69) is 30.6 Å². The monoisotopic (exact) mass is 455 g/mol. The number of rotatable bonds is 6. The van der Waals surface area contributed by atoms with Crippen LogP contribution in [-0.4, -0.2) is 41.0 Å². The first-order chi connectivity index (χ1) is 15.7. The summed E-state index contributed by atoms with van der Waals surface area (Å²) in [5.74, 6) is -1.20. The Kier molecular flexibility index (Phi) is 5.73. The third kappa shape index (κ3) is 5.29. The van der Waals surface area contributed by atoms with Crippen LogP contribution in [0.1, 0.15) is 11.3 Å². The van der Waals surface area contributed by atoms with Gasteiger partial charge in [-0.2, -0.15) is 13.2 Å². The van der Waals surface area contributed by atoms with Gasteiger partial charge < -0.3 is 10.4 Å². The van der Waals surface area contributed by atoms with Crippen LogP contribution in [0.5, 0.6) is 0 Å². The summed E-state index contributed by atoms with van der Waals surface area (Å²) in [6.07, 6.45) is -0.418. The summed E-state index contributed by atoms with van der Waals surface area (Å²) in [4.78, 5) is 22.5. The number of aliphatic carboxylic acids is 1. The predicted octanol–water partition coefficient (Wildman–Crippen LogP) is 3.95. The molecule has 0 unspecified atom stereocenters. The van der Waals surface area contributed by atoms with Crippen LogP contribution in [0.4, 0.5) is 24.8 Å². The van der Waals surface area contributed by atoms with E-state index in [1.165, 1.54) is 10.9 Å². The van der Waals surface area contributed by atoms with Crippen molar-refractivity contribution in [2.24, 2.45) is 0 Å². The van der Waals surface area contributed by atoms with E-state index in [4.69, 9.17) is 5.11 Å². The summed E-state index contributed by atoms with van der Waals surface area (Å²) in [5, 5.41) is 19.3. The molecule has 3 aromatic heterocycles. The quantitative estimate of drug-likeness (QED) is 0.449. The van der Waals surface area contributed by atoms with Crippen molar-refractivity contribution in [1.82, 2.24) is 29.9 Å². The lowest BCUT2D eigenvalue weighted by Crippen LogP contribution is -2.10. The van der Waals surface area contributed by atoms with E-state index in [-0.39, 0.29) is 12.5 Å². The molecule has 1 aromatic carbocycles. The summed E-state index contributed by atoms with van der Waals surface area (Å²) >= 11 is 0. The first kappa shape index (κ1) is 21.9. The van der Waals surface area contributed by atoms with Gasteiger partial charge >= 0.3 is 12.1 Å². The molecular weight excluding hydrogens is 439 g/mol. The molecular formula is C21H16F3N7O2. The number of hydrogen-bond donors (Lipinski definition) is 2. The SMILES string of the molecule is Cc1cc(Nc2nccc(C(F)(F)F)n2)cc(-c2ccc(-c3cn(CC(=O)O)nn3)nc2)c1. The Hall–Kier alpha value is -4.35. The largest absolute Gasteiger partial charge is 0.480 e. The summed E-state index contributed by atoms with van der Waals surface area (Å²) in [7, 11) is 0. The third-order valence-electron chi connectivity index (χ3n) is 4.47. The first-order valence-corrected chi connectivity index (χ1v) is 9.55. The van der Waals surface area contributed by atoms with E-state index in [9.17, 15) is 18.0 Å². The van der Waals surface area contributed by atoms with Crippen LogP contribution in [0.15, 0.2) is 55.0 Å². The average molecular weight is 455 g/mol. The highest BCUT2D eigenvalue weighted by molar-refractivity contribution is 5.71.